The minimum absolute atomic E-state index is 0.134. The minimum Gasteiger partial charge on any atom is -0.497 e. The molecule has 1 aromatic carbocycles. The van der Waals surface area contributed by atoms with E-state index in [1.54, 1.807) is 7.11 Å². The summed E-state index contributed by atoms with van der Waals surface area (Å²) in [7, 11) is 0.368. The van der Waals surface area contributed by atoms with E-state index in [9.17, 15) is 0 Å². The molecule has 4 aliphatic heterocycles. The number of benzene rings is 1. The van der Waals surface area contributed by atoms with Crippen LogP contribution in [-0.4, -0.2) is 49.3 Å². The van der Waals surface area contributed by atoms with Crippen LogP contribution in [0.1, 0.15) is 24.5 Å². The lowest BCUT2D eigenvalue weighted by Crippen LogP contribution is -2.55. The van der Waals surface area contributed by atoms with Crippen molar-refractivity contribution in [2.24, 2.45) is 11.8 Å². The van der Waals surface area contributed by atoms with Gasteiger partial charge < -0.3 is 18.3 Å². The van der Waals surface area contributed by atoms with Crippen LogP contribution in [0.15, 0.2) is 43.1 Å². The Balaban J connectivity index is 1.54. The number of methoxy groups -OCH3 is 1. The topological polar surface area (TPSA) is 53.1 Å². The highest BCUT2D eigenvalue weighted by Crippen LogP contribution is 2.52. The van der Waals surface area contributed by atoms with Crippen LogP contribution >= 0.6 is 8.60 Å². The Hall–Kier alpha value is -1.56. The molecule has 0 amide bonds. The SMILES string of the molecule is C=CC1CN2CCC1CC2[C@@H](OP1OCCO1)c1ccnc2ccc(OC)cc12. The van der Waals surface area contributed by atoms with Crippen LogP contribution in [0.2, 0.25) is 0 Å². The minimum atomic E-state index is -1.32. The summed E-state index contributed by atoms with van der Waals surface area (Å²) in [6.07, 6.45) is 6.19. The van der Waals surface area contributed by atoms with Crippen LogP contribution in [0.5, 0.6) is 5.75 Å². The van der Waals surface area contributed by atoms with Crippen molar-refractivity contribution in [1.29, 1.82) is 0 Å². The van der Waals surface area contributed by atoms with Gasteiger partial charge in [-0.2, -0.15) is 0 Å². The fraction of sp³-hybridized carbons (Fsp3) is 0.500. The Bertz CT molecular complexity index is 888. The molecule has 5 heterocycles. The highest BCUT2D eigenvalue weighted by Gasteiger charge is 2.44. The molecule has 7 heteroatoms. The van der Waals surface area contributed by atoms with E-state index in [0.717, 1.165) is 41.7 Å². The van der Waals surface area contributed by atoms with Crippen LogP contribution in [0.4, 0.5) is 0 Å². The van der Waals surface area contributed by atoms with Crippen LogP contribution < -0.4 is 4.74 Å². The molecule has 0 N–H and O–H groups in total. The van der Waals surface area contributed by atoms with Crippen molar-refractivity contribution in [2.45, 2.75) is 25.0 Å². The first kappa shape index (κ1) is 19.4. The highest BCUT2D eigenvalue weighted by atomic mass is 31.2. The maximum atomic E-state index is 6.52. The van der Waals surface area contributed by atoms with Gasteiger partial charge in [0.05, 0.1) is 25.8 Å². The van der Waals surface area contributed by atoms with Crippen LogP contribution in [0, 0.1) is 11.8 Å². The van der Waals surface area contributed by atoms with Gasteiger partial charge in [-0.3, -0.25) is 9.88 Å². The number of nitrogens with zero attached hydrogens (tertiary/aromatic N) is 2. The second kappa shape index (κ2) is 8.29. The summed E-state index contributed by atoms with van der Waals surface area (Å²) in [6.45, 7) is 7.40. The number of aromatic nitrogens is 1. The predicted molar refractivity (Wildman–Crippen MR) is 113 cm³/mol. The lowest BCUT2D eigenvalue weighted by molar-refractivity contribution is -0.0385. The summed E-state index contributed by atoms with van der Waals surface area (Å²) in [4.78, 5) is 7.12. The summed E-state index contributed by atoms with van der Waals surface area (Å²) in [5.74, 6) is 2.05. The lowest BCUT2D eigenvalue weighted by atomic mass is 9.73. The lowest BCUT2D eigenvalue weighted by Gasteiger charge is -2.51. The van der Waals surface area contributed by atoms with Crippen molar-refractivity contribution >= 4 is 19.5 Å². The van der Waals surface area contributed by atoms with Crippen molar-refractivity contribution < 1.29 is 18.3 Å². The van der Waals surface area contributed by atoms with E-state index < -0.39 is 8.60 Å². The zero-order chi connectivity index (χ0) is 19.8. The standard InChI is InChI=1S/C22H27N2O4P/c1-3-15-14-24-9-7-16(15)12-21(24)22(28-29-26-10-11-27-29)18-6-8-23-20-5-4-17(25-2)13-19(18)20/h3-6,8,13,15-16,21-22H,1,7,9-12,14H2,2H3/t15?,16?,21?,22-/m0/s1. The molecule has 29 heavy (non-hydrogen) atoms. The van der Waals surface area contributed by atoms with Gasteiger partial charge in [-0.25, -0.2) is 0 Å². The first-order chi connectivity index (χ1) is 14.3. The molecule has 4 saturated heterocycles. The Labute approximate surface area is 172 Å². The molecule has 154 valence electrons. The van der Waals surface area contributed by atoms with Crippen LogP contribution in [-0.2, 0) is 13.6 Å². The molecule has 0 spiro atoms. The zero-order valence-electron chi connectivity index (χ0n) is 16.7. The maximum Gasteiger partial charge on any atom is 0.333 e. The van der Waals surface area contributed by atoms with Crippen LogP contribution in [0.25, 0.3) is 10.9 Å². The van der Waals surface area contributed by atoms with Gasteiger partial charge in [0.15, 0.2) is 0 Å². The quantitative estimate of drug-likeness (QED) is 0.514. The third-order valence-electron chi connectivity index (χ3n) is 6.47. The van der Waals surface area contributed by atoms with Crippen molar-refractivity contribution in [2.75, 3.05) is 33.4 Å². The van der Waals surface area contributed by atoms with Gasteiger partial charge in [-0.1, -0.05) is 6.08 Å². The number of rotatable bonds is 6. The number of fused-ring (bicyclic) bond motifs is 4. The second-order valence-electron chi connectivity index (χ2n) is 7.95. The van der Waals surface area contributed by atoms with Crippen molar-refractivity contribution in [3.8, 4) is 5.75 Å². The molecule has 1 aromatic heterocycles. The fourth-order valence-corrected chi connectivity index (χ4v) is 6.05. The molecule has 0 aliphatic carbocycles. The number of hydrogen-bond donors (Lipinski definition) is 0. The first-order valence-electron chi connectivity index (χ1n) is 10.3. The molecular weight excluding hydrogens is 387 g/mol. The summed E-state index contributed by atoms with van der Waals surface area (Å²) in [6, 6.07) is 8.37. The van der Waals surface area contributed by atoms with E-state index in [1.807, 2.05) is 18.3 Å². The van der Waals surface area contributed by atoms with Gasteiger partial charge in [-0.15, -0.1) is 6.58 Å². The Morgan fingerprint density at radius 3 is 2.90 bits per heavy atom. The highest BCUT2D eigenvalue weighted by molar-refractivity contribution is 7.41. The average molecular weight is 414 g/mol. The summed E-state index contributed by atoms with van der Waals surface area (Å²) in [5, 5.41) is 1.06. The summed E-state index contributed by atoms with van der Waals surface area (Å²) < 4.78 is 23.4. The molecule has 2 bridgehead atoms. The maximum absolute atomic E-state index is 6.52. The number of ether oxygens (including phenoxy) is 1. The van der Waals surface area contributed by atoms with E-state index in [1.165, 1.54) is 6.42 Å². The van der Waals surface area contributed by atoms with Crippen molar-refractivity contribution in [3.05, 3.63) is 48.7 Å². The van der Waals surface area contributed by atoms with E-state index in [-0.39, 0.29) is 12.1 Å². The Morgan fingerprint density at radius 1 is 1.31 bits per heavy atom. The van der Waals surface area contributed by atoms with Gasteiger partial charge in [-0.05, 0) is 61.1 Å². The molecule has 0 radical (unpaired) electrons. The van der Waals surface area contributed by atoms with Crippen molar-refractivity contribution in [1.82, 2.24) is 9.88 Å². The summed E-state index contributed by atoms with van der Waals surface area (Å²) >= 11 is 0. The fourth-order valence-electron chi connectivity index (χ4n) is 4.96. The molecule has 6 rings (SSSR count). The number of piperidine rings is 3. The largest absolute Gasteiger partial charge is 0.497 e. The molecule has 5 atom stereocenters. The van der Waals surface area contributed by atoms with Crippen molar-refractivity contribution in [3.63, 3.8) is 0 Å². The predicted octanol–water partition coefficient (Wildman–Crippen LogP) is 4.47. The molecule has 2 aromatic rings. The average Bonchev–Trinajstić information content (AvgIpc) is 3.30. The van der Waals surface area contributed by atoms with E-state index in [4.69, 9.17) is 18.3 Å². The Morgan fingerprint density at radius 2 is 2.17 bits per heavy atom. The summed E-state index contributed by atoms with van der Waals surface area (Å²) in [5.41, 5.74) is 2.07. The van der Waals surface area contributed by atoms with Gasteiger partial charge in [0.25, 0.3) is 0 Å². The Kier molecular flexibility index (Phi) is 5.55. The first-order valence-corrected chi connectivity index (χ1v) is 11.4. The second-order valence-corrected chi connectivity index (χ2v) is 9.12. The van der Waals surface area contributed by atoms with Gasteiger partial charge in [0.1, 0.15) is 11.9 Å². The zero-order valence-corrected chi connectivity index (χ0v) is 17.6. The van der Waals surface area contributed by atoms with E-state index in [0.29, 0.717) is 25.0 Å². The van der Waals surface area contributed by atoms with Crippen LogP contribution in [0.3, 0.4) is 0 Å². The smallest absolute Gasteiger partial charge is 0.333 e. The van der Waals surface area contributed by atoms with Gasteiger partial charge in [0.2, 0.25) is 0 Å². The molecule has 4 aliphatic rings. The molecule has 4 unspecified atom stereocenters. The molecular formula is C22H27N2O4P. The van der Waals surface area contributed by atoms with Gasteiger partial charge >= 0.3 is 8.60 Å². The third kappa shape index (κ3) is 3.69. The number of hydrogen-bond acceptors (Lipinski definition) is 6. The normalized spacial score (nSPS) is 30.5. The van der Waals surface area contributed by atoms with E-state index in [2.05, 4.69) is 34.7 Å². The molecule has 0 saturated carbocycles. The number of pyridine rings is 1. The molecule has 6 nitrogen and oxygen atoms in total. The molecule has 4 fully saturated rings. The van der Waals surface area contributed by atoms with E-state index >= 15 is 0 Å². The monoisotopic (exact) mass is 414 g/mol. The third-order valence-corrected chi connectivity index (χ3v) is 7.65. The van der Waals surface area contributed by atoms with Gasteiger partial charge in [0, 0.05) is 24.2 Å².